The zero-order valence-electron chi connectivity index (χ0n) is 14.1. The lowest BCUT2D eigenvalue weighted by Crippen LogP contribution is -2.25. The van der Waals surface area contributed by atoms with Gasteiger partial charge in [0.05, 0.1) is 11.3 Å². The second kappa shape index (κ2) is 7.19. The van der Waals surface area contributed by atoms with Gasteiger partial charge in [0, 0.05) is 42.8 Å². The highest BCUT2D eigenvalue weighted by Gasteiger charge is 2.28. The highest BCUT2D eigenvalue weighted by molar-refractivity contribution is 6.30. The molecule has 1 aromatic carbocycles. The van der Waals surface area contributed by atoms with E-state index in [0.29, 0.717) is 34.3 Å². The number of halogens is 1. The molecule has 0 saturated carbocycles. The first kappa shape index (κ1) is 17.4. The summed E-state index contributed by atoms with van der Waals surface area (Å²) in [5, 5.41) is 3.42. The quantitative estimate of drug-likeness (QED) is 0.915. The number of anilines is 1. The summed E-state index contributed by atoms with van der Waals surface area (Å²) in [6.45, 7) is 4.71. The fourth-order valence-corrected chi connectivity index (χ4v) is 3.02. The van der Waals surface area contributed by atoms with E-state index in [2.05, 4.69) is 15.3 Å². The van der Waals surface area contributed by atoms with Crippen LogP contribution in [0.5, 0.6) is 0 Å². The average molecular weight is 359 g/mol. The Hall–Kier alpha value is -2.47. The maximum Gasteiger partial charge on any atom is 0.259 e. The molecule has 2 aromatic rings. The third kappa shape index (κ3) is 3.96. The number of nitrogens with one attached hydrogen (secondary N) is 1. The van der Waals surface area contributed by atoms with Gasteiger partial charge in [-0.15, -0.1) is 0 Å². The molecule has 1 saturated heterocycles. The van der Waals surface area contributed by atoms with Crippen LogP contribution < -0.4 is 5.32 Å². The lowest BCUT2D eigenvalue weighted by atomic mass is 10.1. The largest absolute Gasteiger partial charge is 0.342 e. The SMILES string of the molecule is CC(=O)N1CC[C@H](c2ncc(C(=O)Nc3ccc(Cl)cc3)c(C)n2)C1. The van der Waals surface area contributed by atoms with Crippen molar-refractivity contribution in [2.45, 2.75) is 26.2 Å². The lowest BCUT2D eigenvalue weighted by Gasteiger charge is -2.14. The Balaban J connectivity index is 1.72. The highest BCUT2D eigenvalue weighted by atomic mass is 35.5. The second-order valence-corrected chi connectivity index (χ2v) is 6.58. The molecule has 0 spiro atoms. The molecule has 1 N–H and O–H groups in total. The number of aromatic nitrogens is 2. The number of hydrogen-bond acceptors (Lipinski definition) is 4. The van der Waals surface area contributed by atoms with Crippen LogP contribution in [0.4, 0.5) is 5.69 Å². The van der Waals surface area contributed by atoms with Gasteiger partial charge in [-0.3, -0.25) is 9.59 Å². The zero-order chi connectivity index (χ0) is 18.0. The standard InChI is InChI=1S/C18H19ClN4O2/c1-11-16(18(25)22-15-5-3-14(19)4-6-15)9-20-17(21-11)13-7-8-23(10-13)12(2)24/h3-6,9,13H,7-8,10H2,1-2H3,(H,22,25)/t13-/m0/s1. The van der Waals surface area contributed by atoms with E-state index in [4.69, 9.17) is 11.6 Å². The van der Waals surface area contributed by atoms with Crippen molar-refractivity contribution >= 4 is 29.1 Å². The van der Waals surface area contributed by atoms with Crippen molar-refractivity contribution in [3.63, 3.8) is 0 Å². The number of amides is 2. The predicted octanol–water partition coefficient (Wildman–Crippen LogP) is 3.03. The molecular weight excluding hydrogens is 340 g/mol. The Labute approximate surface area is 151 Å². The molecule has 2 amide bonds. The molecule has 25 heavy (non-hydrogen) atoms. The minimum atomic E-state index is -0.261. The van der Waals surface area contributed by atoms with Crippen LogP contribution in [0.3, 0.4) is 0 Å². The molecule has 1 atom stereocenters. The van der Waals surface area contributed by atoms with Gasteiger partial charge in [0.25, 0.3) is 5.91 Å². The Morgan fingerprint density at radius 3 is 2.60 bits per heavy atom. The molecule has 6 nitrogen and oxygen atoms in total. The lowest BCUT2D eigenvalue weighted by molar-refractivity contribution is -0.127. The van der Waals surface area contributed by atoms with Gasteiger partial charge in [-0.05, 0) is 37.6 Å². The number of nitrogens with zero attached hydrogens (tertiary/aromatic N) is 3. The van der Waals surface area contributed by atoms with E-state index in [9.17, 15) is 9.59 Å². The van der Waals surface area contributed by atoms with Crippen molar-refractivity contribution in [3.05, 3.63) is 52.6 Å². The number of likely N-dealkylation sites (tertiary alicyclic amines) is 1. The molecule has 1 aromatic heterocycles. The highest BCUT2D eigenvalue weighted by Crippen LogP contribution is 2.25. The molecule has 3 rings (SSSR count). The van der Waals surface area contributed by atoms with Crippen LogP contribution in [0.25, 0.3) is 0 Å². The van der Waals surface area contributed by atoms with E-state index in [-0.39, 0.29) is 17.7 Å². The van der Waals surface area contributed by atoms with Gasteiger partial charge in [-0.2, -0.15) is 0 Å². The molecule has 0 radical (unpaired) electrons. The maximum absolute atomic E-state index is 12.4. The second-order valence-electron chi connectivity index (χ2n) is 6.14. The number of benzene rings is 1. The van der Waals surface area contributed by atoms with Crippen LogP contribution in [0, 0.1) is 6.92 Å². The minimum Gasteiger partial charge on any atom is -0.342 e. The summed E-state index contributed by atoms with van der Waals surface area (Å²) < 4.78 is 0. The summed E-state index contributed by atoms with van der Waals surface area (Å²) in [7, 11) is 0. The van der Waals surface area contributed by atoms with E-state index in [1.165, 1.54) is 0 Å². The van der Waals surface area contributed by atoms with Crippen molar-refractivity contribution in [2.75, 3.05) is 18.4 Å². The zero-order valence-corrected chi connectivity index (χ0v) is 14.9. The van der Waals surface area contributed by atoms with Crippen LogP contribution in [0.2, 0.25) is 5.02 Å². The summed E-state index contributed by atoms with van der Waals surface area (Å²) in [6.07, 6.45) is 2.40. The molecule has 0 aliphatic carbocycles. The van der Waals surface area contributed by atoms with Gasteiger partial charge in [-0.1, -0.05) is 11.6 Å². The molecule has 0 unspecified atom stereocenters. The van der Waals surface area contributed by atoms with Crippen LogP contribution in [0.1, 0.15) is 41.1 Å². The first-order valence-corrected chi connectivity index (χ1v) is 8.48. The monoisotopic (exact) mass is 358 g/mol. The Morgan fingerprint density at radius 2 is 2.00 bits per heavy atom. The van der Waals surface area contributed by atoms with Crippen LogP contribution in [0.15, 0.2) is 30.5 Å². The number of hydrogen-bond donors (Lipinski definition) is 1. The fraction of sp³-hybridized carbons (Fsp3) is 0.333. The summed E-state index contributed by atoms with van der Waals surface area (Å²) in [5.74, 6) is 0.613. The first-order valence-electron chi connectivity index (χ1n) is 8.10. The third-order valence-electron chi connectivity index (χ3n) is 4.34. The van der Waals surface area contributed by atoms with Crippen molar-refractivity contribution < 1.29 is 9.59 Å². The molecular formula is C18H19ClN4O2. The molecule has 7 heteroatoms. The summed E-state index contributed by atoms with van der Waals surface area (Å²) in [5.41, 5.74) is 1.71. The summed E-state index contributed by atoms with van der Waals surface area (Å²) in [6, 6.07) is 6.90. The fourth-order valence-electron chi connectivity index (χ4n) is 2.89. The summed E-state index contributed by atoms with van der Waals surface area (Å²) >= 11 is 5.84. The molecule has 2 heterocycles. The number of carbonyl (C=O) groups excluding carboxylic acids is 2. The third-order valence-corrected chi connectivity index (χ3v) is 4.60. The molecule has 130 valence electrons. The van der Waals surface area contributed by atoms with Gasteiger partial charge >= 0.3 is 0 Å². The van der Waals surface area contributed by atoms with Crippen LogP contribution in [-0.2, 0) is 4.79 Å². The Morgan fingerprint density at radius 1 is 1.28 bits per heavy atom. The Kier molecular flexibility index (Phi) is 4.99. The Bertz CT molecular complexity index is 807. The van der Waals surface area contributed by atoms with E-state index in [1.54, 1.807) is 49.2 Å². The van der Waals surface area contributed by atoms with E-state index < -0.39 is 0 Å². The van der Waals surface area contributed by atoms with E-state index in [1.807, 2.05) is 0 Å². The van der Waals surface area contributed by atoms with E-state index >= 15 is 0 Å². The molecule has 1 fully saturated rings. The molecule has 0 bridgehead atoms. The van der Waals surface area contributed by atoms with Crippen molar-refractivity contribution in [2.24, 2.45) is 0 Å². The smallest absolute Gasteiger partial charge is 0.259 e. The van der Waals surface area contributed by atoms with Gasteiger partial charge in [0.1, 0.15) is 5.82 Å². The maximum atomic E-state index is 12.4. The van der Waals surface area contributed by atoms with Crippen LogP contribution in [-0.4, -0.2) is 39.8 Å². The van der Waals surface area contributed by atoms with E-state index in [0.717, 1.165) is 13.0 Å². The van der Waals surface area contributed by atoms with Crippen molar-refractivity contribution in [1.29, 1.82) is 0 Å². The molecule has 1 aliphatic rings. The van der Waals surface area contributed by atoms with Crippen molar-refractivity contribution in [1.82, 2.24) is 14.9 Å². The predicted molar refractivity (Wildman–Crippen MR) is 95.8 cm³/mol. The summed E-state index contributed by atoms with van der Waals surface area (Å²) in [4.78, 5) is 34.5. The van der Waals surface area contributed by atoms with Gasteiger partial charge < -0.3 is 10.2 Å². The van der Waals surface area contributed by atoms with Gasteiger partial charge in [0.2, 0.25) is 5.91 Å². The minimum absolute atomic E-state index is 0.0678. The molecule has 1 aliphatic heterocycles. The van der Waals surface area contributed by atoms with Crippen LogP contribution >= 0.6 is 11.6 Å². The van der Waals surface area contributed by atoms with Gasteiger partial charge in [0.15, 0.2) is 0 Å². The average Bonchev–Trinajstić information content (AvgIpc) is 3.07. The number of aryl methyl sites for hydroxylation is 1. The number of carbonyl (C=O) groups is 2. The normalized spacial score (nSPS) is 16.8. The number of rotatable bonds is 3. The van der Waals surface area contributed by atoms with Crippen molar-refractivity contribution in [3.8, 4) is 0 Å². The van der Waals surface area contributed by atoms with Gasteiger partial charge in [-0.25, -0.2) is 9.97 Å². The topological polar surface area (TPSA) is 75.2 Å². The first-order chi connectivity index (χ1) is 11.9.